The van der Waals surface area contributed by atoms with Crippen molar-refractivity contribution in [2.24, 2.45) is 5.92 Å². The highest BCUT2D eigenvalue weighted by Crippen LogP contribution is 2.26. The average Bonchev–Trinajstić information content (AvgIpc) is 2.11. The zero-order valence-electron chi connectivity index (χ0n) is 9.25. The van der Waals surface area contributed by atoms with Crippen molar-refractivity contribution in [1.82, 2.24) is 10.6 Å². The van der Waals surface area contributed by atoms with E-state index in [1.54, 1.807) is 0 Å². The van der Waals surface area contributed by atoms with E-state index < -0.39 is 0 Å². The summed E-state index contributed by atoms with van der Waals surface area (Å²) in [4.78, 5) is 0. The highest BCUT2D eigenvalue weighted by molar-refractivity contribution is 4.83. The van der Waals surface area contributed by atoms with Crippen LogP contribution in [0.25, 0.3) is 0 Å². The first-order valence-corrected chi connectivity index (χ1v) is 5.40. The predicted molar refractivity (Wildman–Crippen MR) is 59.2 cm³/mol. The van der Waals surface area contributed by atoms with E-state index in [9.17, 15) is 0 Å². The van der Waals surface area contributed by atoms with Crippen molar-refractivity contribution >= 4 is 0 Å². The number of nitrogens with one attached hydrogen (secondary N) is 2. The summed E-state index contributed by atoms with van der Waals surface area (Å²) in [6, 6.07) is 0.706. The average molecular weight is 198 g/mol. The lowest BCUT2D eigenvalue weighted by molar-refractivity contribution is 0.127. The maximum Gasteiger partial charge on any atom is 0.122 e. The molecule has 1 aliphatic carbocycles. The van der Waals surface area contributed by atoms with Gasteiger partial charge in [-0.15, -0.1) is 0 Å². The molecule has 14 heavy (non-hydrogen) atoms. The molecular weight excluding hydrogens is 176 g/mol. The number of rotatable bonds is 7. The summed E-state index contributed by atoms with van der Waals surface area (Å²) in [5.74, 6) is 0.899. The van der Waals surface area contributed by atoms with Gasteiger partial charge >= 0.3 is 0 Å². The summed E-state index contributed by atoms with van der Waals surface area (Å²) in [6.45, 7) is 7.64. The Kier molecular flexibility index (Phi) is 4.98. The van der Waals surface area contributed by atoms with E-state index in [0.717, 1.165) is 19.0 Å². The molecule has 3 heteroatoms. The molecule has 0 radical (unpaired) electrons. The molecule has 0 spiro atoms. The Morgan fingerprint density at radius 2 is 2.21 bits per heavy atom. The number of ether oxygens (including phenoxy) is 1. The fourth-order valence-electron chi connectivity index (χ4n) is 1.90. The first kappa shape index (κ1) is 11.5. The lowest BCUT2D eigenvalue weighted by Gasteiger charge is -2.34. The van der Waals surface area contributed by atoms with Gasteiger partial charge < -0.3 is 15.4 Å². The zero-order valence-corrected chi connectivity index (χ0v) is 9.25. The van der Waals surface area contributed by atoms with Crippen molar-refractivity contribution in [1.29, 1.82) is 0 Å². The van der Waals surface area contributed by atoms with E-state index in [1.807, 2.05) is 7.05 Å². The molecule has 1 rings (SSSR count). The van der Waals surface area contributed by atoms with Crippen LogP contribution in [-0.2, 0) is 4.74 Å². The quantitative estimate of drug-likeness (QED) is 0.602. The topological polar surface area (TPSA) is 33.3 Å². The van der Waals surface area contributed by atoms with Crippen LogP contribution in [0.2, 0.25) is 0 Å². The second-order valence-electron chi connectivity index (χ2n) is 4.16. The van der Waals surface area contributed by atoms with E-state index in [4.69, 9.17) is 4.74 Å². The minimum atomic E-state index is 0.202. The lowest BCUT2D eigenvalue weighted by atomic mass is 9.82. The molecule has 1 aliphatic rings. The first-order chi connectivity index (χ1) is 6.76. The molecule has 82 valence electrons. The molecule has 3 nitrogen and oxygen atoms in total. The van der Waals surface area contributed by atoms with Crippen molar-refractivity contribution in [3.63, 3.8) is 0 Å². The second kappa shape index (κ2) is 6.04. The molecule has 0 bridgehead atoms. The summed E-state index contributed by atoms with van der Waals surface area (Å²) in [5, 5.41) is 6.61. The van der Waals surface area contributed by atoms with Gasteiger partial charge in [-0.1, -0.05) is 13.5 Å². The summed E-state index contributed by atoms with van der Waals surface area (Å²) in [5.41, 5.74) is 0. The van der Waals surface area contributed by atoms with E-state index in [1.165, 1.54) is 19.1 Å². The van der Waals surface area contributed by atoms with E-state index >= 15 is 0 Å². The fraction of sp³-hybridized carbons (Fsp3) is 0.818. The highest BCUT2D eigenvalue weighted by Gasteiger charge is 2.25. The van der Waals surface area contributed by atoms with Crippen molar-refractivity contribution < 1.29 is 4.74 Å². The Morgan fingerprint density at radius 1 is 1.50 bits per heavy atom. The Hall–Kier alpha value is -0.540. The third-order valence-electron chi connectivity index (χ3n) is 2.73. The van der Waals surface area contributed by atoms with Crippen molar-refractivity contribution in [3.8, 4) is 0 Å². The molecule has 1 atom stereocenters. The van der Waals surface area contributed by atoms with Gasteiger partial charge in [0.1, 0.15) is 6.10 Å². The largest absolute Gasteiger partial charge is 0.496 e. The van der Waals surface area contributed by atoms with Gasteiger partial charge in [-0.05, 0) is 25.8 Å². The van der Waals surface area contributed by atoms with Gasteiger partial charge in [-0.25, -0.2) is 0 Å². The van der Waals surface area contributed by atoms with Gasteiger partial charge in [0.2, 0.25) is 0 Å². The van der Waals surface area contributed by atoms with Gasteiger partial charge in [-0.3, -0.25) is 0 Å². The predicted octanol–water partition coefficient (Wildman–Crippen LogP) is 1.12. The van der Waals surface area contributed by atoms with Crippen molar-refractivity contribution in [2.75, 3.05) is 20.1 Å². The molecule has 0 aromatic carbocycles. The second-order valence-corrected chi connectivity index (χ2v) is 4.16. The van der Waals surface area contributed by atoms with Gasteiger partial charge in [0.25, 0.3) is 0 Å². The van der Waals surface area contributed by atoms with Crippen LogP contribution in [0, 0.1) is 5.92 Å². The molecule has 0 aliphatic heterocycles. The van der Waals surface area contributed by atoms with Crippen LogP contribution in [0.5, 0.6) is 0 Å². The Bertz CT molecular complexity index is 167. The summed E-state index contributed by atoms with van der Waals surface area (Å²) in [6.07, 6.45) is 4.33. The van der Waals surface area contributed by atoms with Crippen LogP contribution in [0.15, 0.2) is 12.8 Å². The summed E-state index contributed by atoms with van der Waals surface area (Å²) < 4.78 is 5.37. The number of hydrogen-bond acceptors (Lipinski definition) is 3. The van der Waals surface area contributed by atoms with E-state index in [0.29, 0.717) is 6.04 Å². The highest BCUT2D eigenvalue weighted by atomic mass is 16.5. The van der Waals surface area contributed by atoms with Crippen LogP contribution in [0.1, 0.15) is 19.8 Å². The van der Waals surface area contributed by atoms with Crippen LogP contribution >= 0.6 is 0 Å². The first-order valence-electron chi connectivity index (χ1n) is 5.40. The van der Waals surface area contributed by atoms with E-state index in [2.05, 4.69) is 24.1 Å². The van der Waals surface area contributed by atoms with E-state index in [-0.39, 0.29) is 6.10 Å². The smallest absolute Gasteiger partial charge is 0.122 e. The SMILES string of the molecule is C=COC(CNC)CNC1CC(C)C1. The summed E-state index contributed by atoms with van der Waals surface area (Å²) >= 11 is 0. The molecule has 1 fully saturated rings. The normalized spacial score (nSPS) is 27.9. The minimum absolute atomic E-state index is 0.202. The van der Waals surface area contributed by atoms with Gasteiger partial charge in [-0.2, -0.15) is 0 Å². The minimum Gasteiger partial charge on any atom is -0.496 e. The summed E-state index contributed by atoms with van der Waals surface area (Å²) in [7, 11) is 1.94. The van der Waals surface area contributed by atoms with Crippen LogP contribution in [0.4, 0.5) is 0 Å². The third kappa shape index (κ3) is 3.68. The van der Waals surface area contributed by atoms with Crippen molar-refractivity contribution in [2.45, 2.75) is 31.9 Å². The van der Waals surface area contributed by atoms with Gasteiger partial charge in [0.05, 0.1) is 6.26 Å². The third-order valence-corrected chi connectivity index (χ3v) is 2.73. The van der Waals surface area contributed by atoms with Crippen LogP contribution in [-0.4, -0.2) is 32.3 Å². The number of hydrogen-bond donors (Lipinski definition) is 2. The monoisotopic (exact) mass is 198 g/mol. The molecular formula is C11H22N2O. The van der Waals surface area contributed by atoms with Gasteiger partial charge in [0.15, 0.2) is 0 Å². The number of likely N-dealkylation sites (N-methyl/N-ethyl adjacent to an activating group) is 1. The van der Waals surface area contributed by atoms with Crippen LogP contribution in [0.3, 0.4) is 0 Å². The van der Waals surface area contributed by atoms with Crippen LogP contribution < -0.4 is 10.6 Å². The maximum absolute atomic E-state index is 5.37. The maximum atomic E-state index is 5.37. The Morgan fingerprint density at radius 3 is 2.71 bits per heavy atom. The Balaban J connectivity index is 2.09. The standard InChI is InChI=1S/C11H22N2O/c1-4-14-11(7-12-3)8-13-10-5-9(2)6-10/h4,9-13H,1,5-8H2,2-3H3. The molecule has 0 aromatic heterocycles. The molecule has 0 amide bonds. The molecule has 0 saturated heterocycles. The Labute approximate surface area is 86.9 Å². The molecule has 1 unspecified atom stereocenters. The van der Waals surface area contributed by atoms with Gasteiger partial charge in [0, 0.05) is 19.1 Å². The zero-order chi connectivity index (χ0) is 10.4. The molecule has 0 heterocycles. The fourth-order valence-corrected chi connectivity index (χ4v) is 1.90. The lowest BCUT2D eigenvalue weighted by Crippen LogP contribution is -2.45. The molecule has 2 N–H and O–H groups in total. The molecule has 1 saturated carbocycles. The molecule has 0 aromatic rings. The van der Waals surface area contributed by atoms with Crippen molar-refractivity contribution in [3.05, 3.63) is 12.8 Å².